The van der Waals surface area contributed by atoms with Crippen molar-refractivity contribution in [1.29, 1.82) is 0 Å². The molecule has 5 rings (SSSR count). The first kappa shape index (κ1) is 20.7. The van der Waals surface area contributed by atoms with Gasteiger partial charge in [-0.2, -0.15) is 5.10 Å². The fourth-order valence-corrected chi connectivity index (χ4v) is 4.24. The second-order valence-corrected chi connectivity index (χ2v) is 8.19. The molecule has 1 N–H and O–H groups in total. The molecule has 2 aliphatic heterocycles. The molecule has 1 fully saturated rings. The summed E-state index contributed by atoms with van der Waals surface area (Å²) in [7, 11) is 0. The molecule has 1 aromatic heterocycles. The summed E-state index contributed by atoms with van der Waals surface area (Å²) >= 11 is 5.49. The Morgan fingerprint density at radius 3 is 2.75 bits per heavy atom. The number of para-hydroxylation sites is 1. The number of carbonyl (C=O) groups is 1. The lowest BCUT2D eigenvalue weighted by molar-refractivity contribution is -0.121. The lowest BCUT2D eigenvalue weighted by atomic mass is 9.96. The topological polar surface area (TPSA) is 73.6 Å². The van der Waals surface area contributed by atoms with E-state index in [0.29, 0.717) is 34.3 Å². The highest BCUT2D eigenvalue weighted by molar-refractivity contribution is 7.71. The van der Waals surface area contributed by atoms with Gasteiger partial charge in [0.15, 0.2) is 11.5 Å². The van der Waals surface area contributed by atoms with E-state index in [-0.39, 0.29) is 24.4 Å². The molecule has 0 aliphatic carbocycles. The molecule has 3 aromatic rings. The monoisotopic (exact) mass is 455 g/mol. The zero-order chi connectivity index (χ0) is 22.1. The van der Waals surface area contributed by atoms with Crippen LogP contribution in [0.25, 0.3) is 5.69 Å². The number of aromatic nitrogens is 3. The Hall–Kier alpha value is -3.24. The SMILES string of the molecule is O=C(Nc1ccc2c(c1)OCO2)C1CCN(Cn2ncn(-c3ccccc3F)c2=S)CC1. The summed E-state index contributed by atoms with van der Waals surface area (Å²) in [6, 6.07) is 11.9. The van der Waals surface area contributed by atoms with Crippen molar-refractivity contribution in [2.45, 2.75) is 19.5 Å². The number of hydrogen-bond donors (Lipinski definition) is 1. The minimum atomic E-state index is -0.350. The third-order valence-corrected chi connectivity index (χ3v) is 6.19. The Bertz CT molecular complexity index is 1200. The van der Waals surface area contributed by atoms with Gasteiger partial charge in [0.1, 0.15) is 12.1 Å². The summed E-state index contributed by atoms with van der Waals surface area (Å²) in [6.07, 6.45) is 3.00. The van der Waals surface area contributed by atoms with Gasteiger partial charge in [-0.1, -0.05) is 12.1 Å². The summed E-state index contributed by atoms with van der Waals surface area (Å²) in [5, 5.41) is 7.31. The van der Waals surface area contributed by atoms with E-state index in [4.69, 9.17) is 21.7 Å². The molecule has 2 aliphatic rings. The quantitative estimate of drug-likeness (QED) is 0.593. The predicted molar refractivity (Wildman–Crippen MR) is 118 cm³/mol. The zero-order valence-electron chi connectivity index (χ0n) is 17.2. The fraction of sp³-hybridized carbons (Fsp3) is 0.318. The van der Waals surface area contributed by atoms with Crippen molar-refractivity contribution < 1.29 is 18.7 Å². The van der Waals surface area contributed by atoms with E-state index in [1.54, 1.807) is 39.6 Å². The second kappa shape index (κ2) is 8.71. The van der Waals surface area contributed by atoms with Crippen LogP contribution in [0.3, 0.4) is 0 Å². The maximum Gasteiger partial charge on any atom is 0.231 e. The number of fused-ring (bicyclic) bond motifs is 1. The maximum atomic E-state index is 14.1. The number of hydrogen-bond acceptors (Lipinski definition) is 6. The Morgan fingerprint density at radius 1 is 1.16 bits per heavy atom. The van der Waals surface area contributed by atoms with Crippen molar-refractivity contribution in [3.05, 3.63) is 59.4 Å². The van der Waals surface area contributed by atoms with Crippen molar-refractivity contribution in [2.24, 2.45) is 5.92 Å². The van der Waals surface area contributed by atoms with Gasteiger partial charge in [0, 0.05) is 30.8 Å². The summed E-state index contributed by atoms with van der Waals surface area (Å²) in [5.74, 6) is 0.915. The van der Waals surface area contributed by atoms with Crippen LogP contribution >= 0.6 is 12.2 Å². The Morgan fingerprint density at radius 2 is 1.94 bits per heavy atom. The van der Waals surface area contributed by atoms with E-state index in [0.717, 1.165) is 25.9 Å². The van der Waals surface area contributed by atoms with Crippen LogP contribution in [0.2, 0.25) is 0 Å². The highest BCUT2D eigenvalue weighted by atomic mass is 32.1. The largest absolute Gasteiger partial charge is 0.454 e. The molecule has 166 valence electrons. The molecule has 8 nitrogen and oxygen atoms in total. The summed E-state index contributed by atoms with van der Waals surface area (Å²) in [6.45, 7) is 2.19. The van der Waals surface area contributed by atoms with Gasteiger partial charge >= 0.3 is 0 Å². The molecule has 0 atom stereocenters. The number of nitrogens with one attached hydrogen (secondary N) is 1. The fourth-order valence-electron chi connectivity index (χ4n) is 3.99. The number of ether oxygens (including phenoxy) is 2. The third kappa shape index (κ3) is 4.11. The number of anilines is 1. The van der Waals surface area contributed by atoms with Crippen LogP contribution in [0.1, 0.15) is 12.8 Å². The van der Waals surface area contributed by atoms with E-state index >= 15 is 0 Å². The van der Waals surface area contributed by atoms with Crippen molar-refractivity contribution in [3.8, 4) is 17.2 Å². The van der Waals surface area contributed by atoms with Gasteiger partial charge in [-0.3, -0.25) is 14.3 Å². The normalized spacial score (nSPS) is 16.3. The first-order valence-corrected chi connectivity index (χ1v) is 10.8. The van der Waals surface area contributed by atoms with Gasteiger partial charge in [0.05, 0.1) is 12.4 Å². The number of likely N-dealkylation sites (tertiary alicyclic amines) is 1. The van der Waals surface area contributed by atoms with Gasteiger partial charge in [0.2, 0.25) is 17.5 Å². The van der Waals surface area contributed by atoms with E-state index in [1.807, 2.05) is 6.07 Å². The molecule has 0 bridgehead atoms. The van der Waals surface area contributed by atoms with Crippen LogP contribution < -0.4 is 14.8 Å². The van der Waals surface area contributed by atoms with Crippen molar-refractivity contribution in [3.63, 3.8) is 0 Å². The number of carbonyl (C=O) groups excluding carboxylic acids is 1. The number of amides is 1. The number of piperidine rings is 1. The van der Waals surface area contributed by atoms with Crippen LogP contribution in [0.15, 0.2) is 48.8 Å². The molecular weight excluding hydrogens is 433 g/mol. The summed E-state index contributed by atoms with van der Waals surface area (Å²) in [5.41, 5.74) is 1.08. The maximum absolute atomic E-state index is 14.1. The van der Waals surface area contributed by atoms with Crippen LogP contribution in [0.4, 0.5) is 10.1 Å². The zero-order valence-corrected chi connectivity index (χ0v) is 18.1. The van der Waals surface area contributed by atoms with Crippen LogP contribution in [0.5, 0.6) is 11.5 Å². The highest BCUT2D eigenvalue weighted by Crippen LogP contribution is 2.34. The van der Waals surface area contributed by atoms with Crippen molar-refractivity contribution >= 4 is 23.8 Å². The molecular formula is C22H22FN5O3S. The Kier molecular flexibility index (Phi) is 5.62. The van der Waals surface area contributed by atoms with Crippen molar-refractivity contribution in [1.82, 2.24) is 19.2 Å². The molecule has 0 unspecified atom stereocenters. The van der Waals surface area contributed by atoms with Gasteiger partial charge in [0.25, 0.3) is 0 Å². The van der Waals surface area contributed by atoms with E-state index in [9.17, 15) is 9.18 Å². The number of halogens is 1. The van der Waals surface area contributed by atoms with E-state index < -0.39 is 0 Å². The first-order chi connectivity index (χ1) is 15.6. The minimum absolute atomic E-state index is 0.00366. The second-order valence-electron chi connectivity index (χ2n) is 7.83. The molecule has 10 heteroatoms. The standard InChI is InChI=1S/C22H22FN5O3S/c23-17-3-1-2-4-18(17)27-12-24-28(22(27)32)13-26-9-7-15(8-10-26)21(29)25-16-5-6-19-20(11-16)31-14-30-19/h1-6,11-12,15H,7-10,13-14H2,(H,25,29). The molecule has 0 saturated carbocycles. The smallest absolute Gasteiger partial charge is 0.231 e. The molecule has 3 heterocycles. The minimum Gasteiger partial charge on any atom is -0.454 e. The van der Waals surface area contributed by atoms with E-state index in [1.165, 1.54) is 12.4 Å². The average molecular weight is 456 g/mol. The molecule has 0 spiro atoms. The number of rotatable bonds is 5. The Balaban J connectivity index is 1.17. The van der Waals surface area contributed by atoms with Gasteiger partial charge in [-0.05, 0) is 49.3 Å². The molecule has 32 heavy (non-hydrogen) atoms. The molecule has 1 amide bonds. The van der Waals surface area contributed by atoms with Gasteiger partial charge < -0.3 is 14.8 Å². The van der Waals surface area contributed by atoms with Gasteiger partial charge in [-0.15, -0.1) is 0 Å². The summed E-state index contributed by atoms with van der Waals surface area (Å²) in [4.78, 5) is 14.9. The first-order valence-electron chi connectivity index (χ1n) is 10.4. The van der Waals surface area contributed by atoms with Gasteiger partial charge in [-0.25, -0.2) is 9.07 Å². The summed E-state index contributed by atoms with van der Waals surface area (Å²) < 4.78 is 28.4. The average Bonchev–Trinajstić information content (AvgIpc) is 3.41. The van der Waals surface area contributed by atoms with Crippen LogP contribution in [-0.2, 0) is 11.5 Å². The molecule has 1 saturated heterocycles. The van der Waals surface area contributed by atoms with Crippen molar-refractivity contribution in [2.75, 3.05) is 25.2 Å². The lowest BCUT2D eigenvalue weighted by Crippen LogP contribution is -2.39. The number of nitrogens with zero attached hydrogens (tertiary/aromatic N) is 4. The number of benzene rings is 2. The lowest BCUT2D eigenvalue weighted by Gasteiger charge is -2.30. The highest BCUT2D eigenvalue weighted by Gasteiger charge is 2.26. The van der Waals surface area contributed by atoms with E-state index in [2.05, 4.69) is 15.3 Å². The third-order valence-electron chi connectivity index (χ3n) is 5.78. The Labute approximate surface area is 189 Å². The predicted octanol–water partition coefficient (Wildman–Crippen LogP) is 3.58. The molecule has 0 radical (unpaired) electrons. The molecule has 2 aromatic carbocycles. The van der Waals surface area contributed by atoms with Crippen LogP contribution in [-0.4, -0.2) is 45.0 Å². The van der Waals surface area contributed by atoms with Crippen LogP contribution in [0, 0.1) is 16.5 Å².